The SMILES string of the molecule is CCCO[C@H]1C[C@@H](C(=O)NCc2ccccc2)CC[C@@H]1NC1CCOCC1. The van der Waals surface area contributed by atoms with Gasteiger partial charge in [-0.15, -0.1) is 0 Å². The quantitative estimate of drug-likeness (QED) is 0.734. The number of amides is 1. The van der Waals surface area contributed by atoms with Crippen molar-refractivity contribution in [1.82, 2.24) is 10.6 Å². The summed E-state index contributed by atoms with van der Waals surface area (Å²) in [5.74, 6) is 0.205. The lowest BCUT2D eigenvalue weighted by Gasteiger charge is -2.38. The molecule has 2 aliphatic rings. The van der Waals surface area contributed by atoms with Gasteiger partial charge in [-0.3, -0.25) is 4.79 Å². The lowest BCUT2D eigenvalue weighted by molar-refractivity contribution is -0.128. The topological polar surface area (TPSA) is 59.6 Å². The maximum Gasteiger partial charge on any atom is 0.223 e. The Morgan fingerprint density at radius 3 is 2.67 bits per heavy atom. The van der Waals surface area contributed by atoms with Crippen molar-refractivity contribution in [2.75, 3.05) is 19.8 Å². The average molecular weight is 375 g/mol. The van der Waals surface area contributed by atoms with Gasteiger partial charge in [0.25, 0.3) is 0 Å². The van der Waals surface area contributed by atoms with E-state index in [1.165, 1.54) is 0 Å². The molecule has 3 rings (SSSR count). The zero-order valence-corrected chi connectivity index (χ0v) is 16.5. The van der Waals surface area contributed by atoms with Crippen molar-refractivity contribution in [3.8, 4) is 0 Å². The van der Waals surface area contributed by atoms with E-state index in [4.69, 9.17) is 9.47 Å². The van der Waals surface area contributed by atoms with Gasteiger partial charge in [0, 0.05) is 44.4 Å². The van der Waals surface area contributed by atoms with Crippen molar-refractivity contribution in [3.63, 3.8) is 0 Å². The van der Waals surface area contributed by atoms with E-state index in [2.05, 4.69) is 17.6 Å². The van der Waals surface area contributed by atoms with E-state index in [-0.39, 0.29) is 17.9 Å². The maximum absolute atomic E-state index is 12.7. The summed E-state index contributed by atoms with van der Waals surface area (Å²) in [7, 11) is 0. The average Bonchev–Trinajstić information content (AvgIpc) is 2.72. The summed E-state index contributed by atoms with van der Waals surface area (Å²) in [4.78, 5) is 12.7. The van der Waals surface area contributed by atoms with Crippen LogP contribution in [0, 0.1) is 5.92 Å². The number of hydrogen-bond donors (Lipinski definition) is 2. The third-order valence-electron chi connectivity index (χ3n) is 5.68. The number of rotatable bonds is 8. The fraction of sp³-hybridized carbons (Fsp3) is 0.682. The Balaban J connectivity index is 1.51. The molecule has 150 valence electrons. The van der Waals surface area contributed by atoms with Gasteiger partial charge in [0.1, 0.15) is 0 Å². The first-order chi connectivity index (χ1) is 13.3. The van der Waals surface area contributed by atoms with Gasteiger partial charge in [-0.2, -0.15) is 0 Å². The molecule has 1 aliphatic carbocycles. The van der Waals surface area contributed by atoms with Gasteiger partial charge >= 0.3 is 0 Å². The van der Waals surface area contributed by atoms with Crippen LogP contribution in [0.25, 0.3) is 0 Å². The maximum atomic E-state index is 12.7. The van der Waals surface area contributed by atoms with E-state index < -0.39 is 0 Å². The van der Waals surface area contributed by atoms with E-state index in [0.29, 0.717) is 18.6 Å². The summed E-state index contributed by atoms with van der Waals surface area (Å²) in [5.41, 5.74) is 1.14. The van der Waals surface area contributed by atoms with E-state index in [1.807, 2.05) is 30.3 Å². The summed E-state index contributed by atoms with van der Waals surface area (Å²) >= 11 is 0. The molecule has 0 aromatic heterocycles. The van der Waals surface area contributed by atoms with Gasteiger partial charge in [0.2, 0.25) is 5.91 Å². The Morgan fingerprint density at radius 1 is 1.15 bits per heavy atom. The molecule has 2 fully saturated rings. The first kappa shape index (κ1) is 20.3. The van der Waals surface area contributed by atoms with Gasteiger partial charge in [-0.1, -0.05) is 37.3 Å². The third-order valence-corrected chi connectivity index (χ3v) is 5.68. The Kier molecular flexibility index (Phi) is 8.11. The van der Waals surface area contributed by atoms with Gasteiger partial charge in [-0.25, -0.2) is 0 Å². The van der Waals surface area contributed by atoms with E-state index >= 15 is 0 Å². The molecule has 0 unspecified atom stereocenters. The minimum Gasteiger partial charge on any atom is -0.381 e. The molecular formula is C22H34N2O3. The van der Waals surface area contributed by atoms with Crippen LogP contribution in [0.1, 0.15) is 51.0 Å². The van der Waals surface area contributed by atoms with Crippen LogP contribution in [-0.2, 0) is 20.8 Å². The molecule has 2 N–H and O–H groups in total. The predicted molar refractivity (Wildman–Crippen MR) is 106 cm³/mol. The van der Waals surface area contributed by atoms with Crippen molar-refractivity contribution in [2.45, 2.75) is 70.2 Å². The van der Waals surface area contributed by atoms with Crippen LogP contribution < -0.4 is 10.6 Å². The highest BCUT2D eigenvalue weighted by Crippen LogP contribution is 2.28. The molecule has 1 saturated heterocycles. The lowest BCUT2D eigenvalue weighted by Crippen LogP contribution is -2.52. The van der Waals surface area contributed by atoms with Gasteiger partial charge in [0.15, 0.2) is 0 Å². The molecule has 1 saturated carbocycles. The second-order valence-corrected chi connectivity index (χ2v) is 7.78. The van der Waals surface area contributed by atoms with E-state index in [0.717, 1.165) is 63.9 Å². The van der Waals surface area contributed by atoms with Crippen LogP contribution in [0.5, 0.6) is 0 Å². The smallest absolute Gasteiger partial charge is 0.223 e. The van der Waals surface area contributed by atoms with Crippen LogP contribution in [0.3, 0.4) is 0 Å². The largest absolute Gasteiger partial charge is 0.381 e. The number of benzene rings is 1. The molecule has 0 spiro atoms. The monoisotopic (exact) mass is 374 g/mol. The molecule has 5 nitrogen and oxygen atoms in total. The normalized spacial score (nSPS) is 26.6. The molecule has 5 heteroatoms. The summed E-state index contributed by atoms with van der Waals surface area (Å²) in [6.45, 7) is 5.17. The van der Waals surface area contributed by atoms with Crippen LogP contribution in [-0.4, -0.2) is 43.9 Å². The minimum absolute atomic E-state index is 0.0447. The highest BCUT2D eigenvalue weighted by Gasteiger charge is 2.35. The number of carbonyl (C=O) groups excluding carboxylic acids is 1. The van der Waals surface area contributed by atoms with Crippen molar-refractivity contribution in [2.24, 2.45) is 5.92 Å². The van der Waals surface area contributed by atoms with E-state index in [1.54, 1.807) is 0 Å². The highest BCUT2D eigenvalue weighted by atomic mass is 16.5. The summed E-state index contributed by atoms with van der Waals surface area (Å²) < 4.78 is 11.6. The molecular weight excluding hydrogens is 340 g/mol. The highest BCUT2D eigenvalue weighted by molar-refractivity contribution is 5.78. The first-order valence-electron chi connectivity index (χ1n) is 10.5. The Hall–Kier alpha value is -1.43. The Bertz CT molecular complexity index is 560. The predicted octanol–water partition coefficient (Wildman–Crippen LogP) is 3.04. The van der Waals surface area contributed by atoms with Crippen LogP contribution in [0.2, 0.25) is 0 Å². The molecule has 1 heterocycles. The standard InChI is InChI=1S/C22H34N2O3/c1-2-12-27-21-15-18(22(25)23-16-17-6-4-3-5-7-17)8-9-20(21)24-19-10-13-26-14-11-19/h3-7,18-21,24H,2,8-16H2,1H3,(H,23,25)/t18-,20-,21-/m0/s1. The zero-order chi connectivity index (χ0) is 18.9. The van der Waals surface area contributed by atoms with Crippen molar-refractivity contribution < 1.29 is 14.3 Å². The fourth-order valence-corrected chi connectivity index (χ4v) is 4.11. The number of ether oxygens (including phenoxy) is 2. The number of nitrogens with one attached hydrogen (secondary N) is 2. The minimum atomic E-state index is 0.0447. The molecule has 0 bridgehead atoms. The molecule has 1 aliphatic heterocycles. The number of hydrogen-bond acceptors (Lipinski definition) is 4. The lowest BCUT2D eigenvalue weighted by atomic mass is 9.82. The fourth-order valence-electron chi connectivity index (χ4n) is 4.11. The molecule has 0 radical (unpaired) electrons. The Morgan fingerprint density at radius 2 is 1.93 bits per heavy atom. The van der Waals surface area contributed by atoms with Crippen LogP contribution in [0.15, 0.2) is 30.3 Å². The zero-order valence-electron chi connectivity index (χ0n) is 16.5. The molecule has 1 aromatic rings. The molecule has 1 amide bonds. The summed E-state index contributed by atoms with van der Waals surface area (Å²) in [6, 6.07) is 10.9. The van der Waals surface area contributed by atoms with Gasteiger partial charge < -0.3 is 20.1 Å². The molecule has 27 heavy (non-hydrogen) atoms. The van der Waals surface area contributed by atoms with Crippen molar-refractivity contribution in [1.29, 1.82) is 0 Å². The van der Waals surface area contributed by atoms with Crippen molar-refractivity contribution >= 4 is 5.91 Å². The van der Waals surface area contributed by atoms with Crippen molar-refractivity contribution in [3.05, 3.63) is 35.9 Å². The number of carbonyl (C=O) groups is 1. The second-order valence-electron chi connectivity index (χ2n) is 7.78. The van der Waals surface area contributed by atoms with Crippen LogP contribution >= 0.6 is 0 Å². The third kappa shape index (κ3) is 6.30. The van der Waals surface area contributed by atoms with Gasteiger partial charge in [0.05, 0.1) is 6.10 Å². The Labute approximate surface area is 163 Å². The molecule has 3 atom stereocenters. The summed E-state index contributed by atoms with van der Waals surface area (Å²) in [5, 5.41) is 6.91. The first-order valence-corrected chi connectivity index (χ1v) is 10.5. The van der Waals surface area contributed by atoms with Crippen LogP contribution in [0.4, 0.5) is 0 Å². The van der Waals surface area contributed by atoms with Gasteiger partial charge in [-0.05, 0) is 44.1 Å². The second kappa shape index (κ2) is 10.8. The molecule has 1 aromatic carbocycles. The summed E-state index contributed by atoms with van der Waals surface area (Å²) in [6.07, 6.45) is 5.99. The van der Waals surface area contributed by atoms with E-state index in [9.17, 15) is 4.79 Å².